The molecule has 4 fully saturated rings. The molecule has 0 unspecified atom stereocenters. The van der Waals surface area contributed by atoms with E-state index in [2.05, 4.69) is 85.5 Å². The second kappa shape index (κ2) is 8.96. The molecule has 2 N–H and O–H groups in total. The summed E-state index contributed by atoms with van der Waals surface area (Å²) in [4.78, 5) is 6.25. The van der Waals surface area contributed by atoms with Gasteiger partial charge in [0, 0.05) is 48.8 Å². The van der Waals surface area contributed by atoms with E-state index >= 15 is 0 Å². The topological polar surface area (TPSA) is 30.5 Å². The van der Waals surface area contributed by atoms with Crippen LogP contribution in [0.2, 0.25) is 0 Å². The van der Waals surface area contributed by atoms with Crippen LogP contribution < -0.4 is 10.6 Å². The predicted molar refractivity (Wildman–Crippen MR) is 128 cm³/mol. The smallest absolute Gasteiger partial charge is 0.0699 e. The summed E-state index contributed by atoms with van der Waals surface area (Å²) in [6, 6.07) is 0. The van der Waals surface area contributed by atoms with Crippen LogP contribution in [0.15, 0.2) is 0 Å². The number of nitrogens with zero attached hydrogens (tertiary/aromatic N) is 2. The standard InChI is InChI=1S/2C11H22N2S/c1-10(2,3)13-7-4-11(5-8-13)12-6-9-14-11;1-10(2,3)13-8-9-14-11(13)4-6-12-7-5-11/h2*12H,4-9H2,1-3H3. The van der Waals surface area contributed by atoms with Gasteiger partial charge in [0.1, 0.15) is 0 Å². The molecular weight excluding hydrogens is 384 g/mol. The molecular formula is C22H44N4S2. The van der Waals surface area contributed by atoms with Crippen LogP contribution in [0.4, 0.5) is 0 Å². The van der Waals surface area contributed by atoms with E-state index in [1.54, 1.807) is 0 Å². The molecule has 4 aliphatic heterocycles. The maximum atomic E-state index is 3.68. The Bertz CT molecular complexity index is 490. The fraction of sp³-hybridized carbons (Fsp3) is 1.00. The van der Waals surface area contributed by atoms with Crippen molar-refractivity contribution in [2.24, 2.45) is 0 Å². The van der Waals surface area contributed by atoms with Crippen LogP contribution in [0.1, 0.15) is 67.2 Å². The maximum Gasteiger partial charge on any atom is 0.0699 e. The highest BCUT2D eigenvalue weighted by molar-refractivity contribution is 8.01. The number of hydrogen-bond acceptors (Lipinski definition) is 6. The molecule has 0 amide bonds. The lowest BCUT2D eigenvalue weighted by atomic mass is 9.96. The van der Waals surface area contributed by atoms with E-state index in [1.807, 2.05) is 0 Å². The number of nitrogens with one attached hydrogen (secondary N) is 2. The average Bonchev–Trinajstić information content (AvgIpc) is 3.23. The molecule has 4 rings (SSSR count). The largest absolute Gasteiger partial charge is 0.317 e. The van der Waals surface area contributed by atoms with Gasteiger partial charge in [-0.15, -0.1) is 23.5 Å². The molecule has 4 saturated heterocycles. The second-order valence-electron chi connectivity index (χ2n) is 10.8. The summed E-state index contributed by atoms with van der Waals surface area (Å²) in [5, 5.41) is 7.15. The molecule has 0 aromatic carbocycles. The third kappa shape index (κ3) is 5.42. The Balaban J connectivity index is 0.000000161. The summed E-state index contributed by atoms with van der Waals surface area (Å²) >= 11 is 4.33. The van der Waals surface area contributed by atoms with Crippen molar-refractivity contribution >= 4 is 23.5 Å². The SMILES string of the molecule is CC(C)(C)N1CCC2(CC1)NCCS2.CC(C)(C)N1CCSC12CCNCC2. The summed E-state index contributed by atoms with van der Waals surface area (Å²) in [5.41, 5.74) is 0.686. The highest BCUT2D eigenvalue weighted by atomic mass is 32.2. The van der Waals surface area contributed by atoms with Crippen molar-refractivity contribution in [3.63, 3.8) is 0 Å². The monoisotopic (exact) mass is 428 g/mol. The Morgan fingerprint density at radius 1 is 0.714 bits per heavy atom. The minimum absolute atomic E-state index is 0.334. The maximum absolute atomic E-state index is 3.68. The van der Waals surface area contributed by atoms with E-state index in [0.717, 1.165) is 0 Å². The van der Waals surface area contributed by atoms with Crippen LogP contribution in [-0.2, 0) is 0 Å². The molecule has 0 aromatic heterocycles. The van der Waals surface area contributed by atoms with Gasteiger partial charge in [-0.05, 0) is 80.3 Å². The molecule has 28 heavy (non-hydrogen) atoms. The van der Waals surface area contributed by atoms with Gasteiger partial charge in [-0.3, -0.25) is 9.80 Å². The van der Waals surface area contributed by atoms with Gasteiger partial charge >= 0.3 is 0 Å². The second-order valence-corrected chi connectivity index (χ2v) is 13.7. The highest BCUT2D eigenvalue weighted by Crippen LogP contribution is 2.46. The molecule has 0 radical (unpaired) electrons. The Morgan fingerprint density at radius 3 is 1.86 bits per heavy atom. The van der Waals surface area contributed by atoms with Gasteiger partial charge in [0.25, 0.3) is 0 Å². The van der Waals surface area contributed by atoms with Gasteiger partial charge in [-0.25, -0.2) is 0 Å². The summed E-state index contributed by atoms with van der Waals surface area (Å²) in [6.07, 6.45) is 5.26. The lowest BCUT2D eigenvalue weighted by molar-refractivity contribution is 0.0607. The Morgan fingerprint density at radius 2 is 1.36 bits per heavy atom. The number of likely N-dealkylation sites (tertiary alicyclic amines) is 1. The molecule has 0 atom stereocenters. The predicted octanol–water partition coefficient (Wildman–Crippen LogP) is 3.83. The molecule has 4 aliphatic rings. The average molecular weight is 429 g/mol. The van der Waals surface area contributed by atoms with E-state index in [-0.39, 0.29) is 0 Å². The van der Waals surface area contributed by atoms with E-state index in [4.69, 9.17) is 0 Å². The fourth-order valence-corrected chi connectivity index (χ4v) is 8.16. The van der Waals surface area contributed by atoms with E-state index in [9.17, 15) is 0 Å². The first-order valence-corrected chi connectivity index (χ1v) is 13.3. The van der Waals surface area contributed by atoms with E-state index < -0.39 is 0 Å². The number of rotatable bonds is 0. The zero-order valence-corrected chi connectivity index (χ0v) is 20.8. The Hall–Kier alpha value is 0.540. The van der Waals surface area contributed by atoms with E-state index in [1.165, 1.54) is 76.5 Å². The van der Waals surface area contributed by atoms with Crippen LogP contribution in [0, 0.1) is 0 Å². The van der Waals surface area contributed by atoms with Gasteiger partial charge in [0.05, 0.1) is 9.74 Å². The fourth-order valence-electron chi connectivity index (χ4n) is 5.22. The first kappa shape index (κ1) is 23.2. The van der Waals surface area contributed by atoms with Crippen LogP contribution in [0.5, 0.6) is 0 Å². The molecule has 4 nitrogen and oxygen atoms in total. The third-order valence-electron chi connectivity index (χ3n) is 6.82. The summed E-state index contributed by atoms with van der Waals surface area (Å²) in [7, 11) is 0. The zero-order valence-electron chi connectivity index (χ0n) is 19.2. The summed E-state index contributed by atoms with van der Waals surface area (Å²) < 4.78 is 0. The summed E-state index contributed by atoms with van der Waals surface area (Å²) in [6.45, 7) is 21.4. The van der Waals surface area contributed by atoms with Crippen molar-refractivity contribution in [3.05, 3.63) is 0 Å². The van der Waals surface area contributed by atoms with Crippen molar-refractivity contribution in [1.29, 1.82) is 0 Å². The lowest BCUT2D eigenvalue weighted by Gasteiger charge is -2.47. The minimum atomic E-state index is 0.334. The summed E-state index contributed by atoms with van der Waals surface area (Å²) in [5.74, 6) is 2.62. The Labute approximate surface area is 182 Å². The van der Waals surface area contributed by atoms with E-state index in [0.29, 0.717) is 20.8 Å². The van der Waals surface area contributed by atoms with Crippen LogP contribution in [-0.4, -0.2) is 81.4 Å². The van der Waals surface area contributed by atoms with Crippen LogP contribution >= 0.6 is 23.5 Å². The highest BCUT2D eigenvalue weighted by Gasteiger charge is 2.46. The molecule has 164 valence electrons. The van der Waals surface area contributed by atoms with Crippen molar-refractivity contribution in [2.75, 3.05) is 50.8 Å². The molecule has 0 saturated carbocycles. The first-order valence-electron chi connectivity index (χ1n) is 11.3. The first-order chi connectivity index (χ1) is 13.1. The van der Waals surface area contributed by atoms with Crippen LogP contribution in [0.3, 0.4) is 0 Å². The minimum Gasteiger partial charge on any atom is -0.317 e. The molecule has 4 heterocycles. The number of hydrogen-bond donors (Lipinski definition) is 2. The molecule has 0 bridgehead atoms. The normalized spacial score (nSPS) is 28.5. The quantitative estimate of drug-likeness (QED) is 0.610. The van der Waals surface area contributed by atoms with Crippen molar-refractivity contribution in [1.82, 2.24) is 20.4 Å². The zero-order chi connectivity index (χ0) is 20.5. The van der Waals surface area contributed by atoms with Gasteiger partial charge < -0.3 is 10.6 Å². The van der Waals surface area contributed by atoms with Gasteiger partial charge in [-0.1, -0.05) is 0 Å². The van der Waals surface area contributed by atoms with Crippen molar-refractivity contribution in [3.8, 4) is 0 Å². The molecule has 2 spiro atoms. The molecule has 0 aromatic rings. The molecule has 0 aliphatic carbocycles. The molecule has 6 heteroatoms. The third-order valence-corrected chi connectivity index (χ3v) is 9.89. The van der Waals surface area contributed by atoms with Crippen molar-refractivity contribution < 1.29 is 0 Å². The van der Waals surface area contributed by atoms with Crippen LogP contribution in [0.25, 0.3) is 0 Å². The van der Waals surface area contributed by atoms with Gasteiger partial charge in [-0.2, -0.15) is 0 Å². The van der Waals surface area contributed by atoms with Gasteiger partial charge in [0.15, 0.2) is 0 Å². The van der Waals surface area contributed by atoms with Gasteiger partial charge in [0.2, 0.25) is 0 Å². The van der Waals surface area contributed by atoms with Crippen molar-refractivity contribution in [2.45, 2.75) is 88.0 Å². The number of piperidine rings is 2. The Kier molecular flexibility index (Phi) is 7.42. The lowest BCUT2D eigenvalue weighted by Crippen LogP contribution is -2.56. The number of thioether (sulfide) groups is 2.